The van der Waals surface area contributed by atoms with Gasteiger partial charge in [0.05, 0.1) is 6.10 Å². The van der Waals surface area contributed by atoms with Crippen LogP contribution in [0.4, 0.5) is 0 Å². The third-order valence-corrected chi connectivity index (χ3v) is 2.94. The highest BCUT2D eigenvalue weighted by Crippen LogP contribution is 2.21. The molecule has 1 N–H and O–H groups in total. The van der Waals surface area contributed by atoms with E-state index < -0.39 is 0 Å². The van der Waals surface area contributed by atoms with Crippen LogP contribution in [-0.4, -0.2) is 59.6 Å². The first-order valence-electron chi connectivity index (χ1n) is 4.83. The smallest absolute Gasteiger partial charge is 0.224 e. The molecule has 0 aromatic carbocycles. The second kappa shape index (κ2) is 3.27. The normalized spacial score (nSPS) is 36.2. The van der Waals surface area contributed by atoms with Crippen LogP contribution in [0.25, 0.3) is 0 Å². The van der Waals surface area contributed by atoms with Crippen molar-refractivity contribution in [3.63, 3.8) is 0 Å². The summed E-state index contributed by atoms with van der Waals surface area (Å²) >= 11 is 0. The molecule has 2 saturated heterocycles. The van der Waals surface area contributed by atoms with Crippen molar-refractivity contribution in [1.29, 1.82) is 0 Å². The fraction of sp³-hybridized carbons (Fsp3) is 0.889. The third kappa shape index (κ3) is 1.69. The van der Waals surface area contributed by atoms with Gasteiger partial charge in [0.25, 0.3) is 0 Å². The lowest BCUT2D eigenvalue weighted by molar-refractivity contribution is -0.131. The first-order chi connectivity index (χ1) is 6.16. The Labute approximate surface area is 78.1 Å². The van der Waals surface area contributed by atoms with Crippen molar-refractivity contribution >= 4 is 5.91 Å². The van der Waals surface area contributed by atoms with E-state index in [1.165, 1.54) is 0 Å². The molecule has 0 bridgehead atoms. The summed E-state index contributed by atoms with van der Waals surface area (Å²) in [5.41, 5.74) is 0. The van der Waals surface area contributed by atoms with Gasteiger partial charge in [0.15, 0.2) is 0 Å². The highest BCUT2D eigenvalue weighted by Gasteiger charge is 2.36. The lowest BCUT2D eigenvalue weighted by Gasteiger charge is -2.22. The lowest BCUT2D eigenvalue weighted by atomic mass is 10.2. The Bertz CT molecular complexity index is 220. The highest BCUT2D eigenvalue weighted by molar-refractivity contribution is 5.77. The minimum atomic E-state index is -0.305. The van der Waals surface area contributed by atoms with E-state index in [2.05, 4.69) is 4.90 Å². The first-order valence-corrected chi connectivity index (χ1v) is 4.83. The summed E-state index contributed by atoms with van der Waals surface area (Å²) in [5.74, 6) is 0.200. The van der Waals surface area contributed by atoms with Crippen molar-refractivity contribution < 1.29 is 9.90 Å². The fourth-order valence-electron chi connectivity index (χ4n) is 2.25. The van der Waals surface area contributed by atoms with E-state index in [9.17, 15) is 9.90 Å². The predicted molar refractivity (Wildman–Crippen MR) is 48.2 cm³/mol. The molecule has 1 amide bonds. The molecule has 13 heavy (non-hydrogen) atoms. The number of nitrogens with zero attached hydrogens (tertiary/aromatic N) is 2. The van der Waals surface area contributed by atoms with Crippen molar-refractivity contribution in [1.82, 2.24) is 9.80 Å². The largest absolute Gasteiger partial charge is 0.391 e. The number of hydrogen-bond acceptors (Lipinski definition) is 3. The minimum Gasteiger partial charge on any atom is -0.391 e. The maximum atomic E-state index is 11.6. The summed E-state index contributed by atoms with van der Waals surface area (Å²) in [5, 5.41) is 9.44. The molecule has 2 rings (SSSR count). The molecule has 2 unspecified atom stereocenters. The molecule has 2 heterocycles. The summed E-state index contributed by atoms with van der Waals surface area (Å²) in [6.07, 6.45) is 1.04. The van der Waals surface area contributed by atoms with Gasteiger partial charge < -0.3 is 14.9 Å². The Morgan fingerprint density at radius 3 is 3.00 bits per heavy atom. The molecule has 0 aliphatic carbocycles. The van der Waals surface area contributed by atoms with E-state index in [0.29, 0.717) is 13.0 Å². The molecule has 0 radical (unpaired) electrons. The Kier molecular flexibility index (Phi) is 2.26. The number of fused-ring (bicyclic) bond motifs is 1. The van der Waals surface area contributed by atoms with Gasteiger partial charge in [-0.15, -0.1) is 0 Å². The van der Waals surface area contributed by atoms with Crippen LogP contribution in [0.15, 0.2) is 0 Å². The Morgan fingerprint density at radius 1 is 1.46 bits per heavy atom. The SMILES string of the molecule is CN1CCC(=O)N2CC(O)CC2C1. The molecular weight excluding hydrogens is 168 g/mol. The van der Waals surface area contributed by atoms with Crippen LogP contribution in [0.5, 0.6) is 0 Å². The Morgan fingerprint density at radius 2 is 2.23 bits per heavy atom. The predicted octanol–water partition coefficient (Wildman–Crippen LogP) is -0.716. The first kappa shape index (κ1) is 8.97. The van der Waals surface area contributed by atoms with Crippen molar-refractivity contribution in [3.05, 3.63) is 0 Å². The van der Waals surface area contributed by atoms with Crippen molar-refractivity contribution in [2.45, 2.75) is 25.0 Å². The van der Waals surface area contributed by atoms with Gasteiger partial charge >= 0.3 is 0 Å². The van der Waals surface area contributed by atoms with Gasteiger partial charge in [-0.25, -0.2) is 0 Å². The van der Waals surface area contributed by atoms with Crippen LogP contribution in [0, 0.1) is 0 Å². The third-order valence-electron chi connectivity index (χ3n) is 2.94. The molecule has 74 valence electrons. The number of hydrogen-bond donors (Lipinski definition) is 1. The average Bonchev–Trinajstić information content (AvgIpc) is 2.37. The van der Waals surface area contributed by atoms with Crippen LogP contribution in [0.3, 0.4) is 0 Å². The molecular formula is C9H16N2O2. The quantitative estimate of drug-likeness (QED) is 0.540. The zero-order valence-electron chi connectivity index (χ0n) is 7.94. The molecule has 0 aromatic heterocycles. The van der Waals surface area contributed by atoms with Crippen molar-refractivity contribution in [2.24, 2.45) is 0 Å². The molecule has 0 aromatic rings. The molecule has 4 heteroatoms. The zero-order chi connectivity index (χ0) is 9.42. The van der Waals surface area contributed by atoms with E-state index in [0.717, 1.165) is 19.5 Å². The number of aliphatic hydroxyl groups is 1. The lowest BCUT2D eigenvalue weighted by Crippen LogP contribution is -2.37. The molecule has 2 fully saturated rings. The van der Waals surface area contributed by atoms with Crippen molar-refractivity contribution in [3.8, 4) is 0 Å². The van der Waals surface area contributed by atoms with Gasteiger partial charge in [0, 0.05) is 32.1 Å². The second-order valence-corrected chi connectivity index (χ2v) is 4.10. The van der Waals surface area contributed by atoms with Gasteiger partial charge in [0.2, 0.25) is 5.91 Å². The molecule has 2 aliphatic rings. The number of amides is 1. The highest BCUT2D eigenvalue weighted by atomic mass is 16.3. The van der Waals surface area contributed by atoms with Gasteiger partial charge in [-0.3, -0.25) is 4.79 Å². The Balaban J connectivity index is 2.11. The Hall–Kier alpha value is -0.610. The van der Waals surface area contributed by atoms with E-state index in [-0.39, 0.29) is 18.1 Å². The number of likely N-dealkylation sites (N-methyl/N-ethyl adjacent to an activating group) is 1. The van der Waals surface area contributed by atoms with Gasteiger partial charge in [-0.1, -0.05) is 0 Å². The number of rotatable bonds is 0. The van der Waals surface area contributed by atoms with Crippen LogP contribution in [0.2, 0.25) is 0 Å². The summed E-state index contributed by atoms with van der Waals surface area (Å²) in [6, 6.07) is 0.245. The van der Waals surface area contributed by atoms with Gasteiger partial charge in [-0.05, 0) is 13.5 Å². The maximum absolute atomic E-state index is 11.6. The second-order valence-electron chi connectivity index (χ2n) is 4.10. The van der Waals surface area contributed by atoms with Crippen LogP contribution in [0.1, 0.15) is 12.8 Å². The molecule has 4 nitrogen and oxygen atoms in total. The topological polar surface area (TPSA) is 43.8 Å². The van der Waals surface area contributed by atoms with Crippen LogP contribution in [-0.2, 0) is 4.79 Å². The average molecular weight is 184 g/mol. The zero-order valence-corrected chi connectivity index (χ0v) is 7.94. The number of aliphatic hydroxyl groups excluding tert-OH is 1. The summed E-state index contributed by atoms with van der Waals surface area (Å²) in [6.45, 7) is 2.29. The minimum absolute atomic E-state index is 0.200. The fourth-order valence-corrected chi connectivity index (χ4v) is 2.25. The van der Waals surface area contributed by atoms with E-state index in [1.54, 1.807) is 0 Å². The molecule has 2 atom stereocenters. The summed E-state index contributed by atoms with van der Waals surface area (Å²) in [7, 11) is 2.03. The number of carbonyl (C=O) groups is 1. The van der Waals surface area contributed by atoms with Crippen LogP contribution < -0.4 is 0 Å². The molecule has 0 saturated carbocycles. The van der Waals surface area contributed by atoms with Crippen molar-refractivity contribution in [2.75, 3.05) is 26.7 Å². The monoisotopic (exact) mass is 184 g/mol. The number of carbonyl (C=O) groups excluding carboxylic acids is 1. The standard InChI is InChI=1S/C9H16N2O2/c1-10-3-2-9(13)11-6-8(12)4-7(11)5-10/h7-8,12H,2-6H2,1H3. The molecule has 2 aliphatic heterocycles. The van der Waals surface area contributed by atoms with Crippen LogP contribution >= 0.6 is 0 Å². The summed E-state index contributed by atoms with van der Waals surface area (Å²) in [4.78, 5) is 15.6. The van der Waals surface area contributed by atoms with E-state index >= 15 is 0 Å². The van der Waals surface area contributed by atoms with Gasteiger partial charge in [0.1, 0.15) is 0 Å². The summed E-state index contributed by atoms with van der Waals surface area (Å²) < 4.78 is 0. The van der Waals surface area contributed by atoms with E-state index in [4.69, 9.17) is 0 Å². The van der Waals surface area contributed by atoms with E-state index in [1.807, 2.05) is 11.9 Å². The molecule has 0 spiro atoms. The van der Waals surface area contributed by atoms with Gasteiger partial charge in [-0.2, -0.15) is 0 Å². The maximum Gasteiger partial charge on any atom is 0.224 e.